The van der Waals surface area contributed by atoms with E-state index in [0.29, 0.717) is 39.3 Å². The highest BCUT2D eigenvalue weighted by molar-refractivity contribution is 7.87. The van der Waals surface area contributed by atoms with Crippen LogP contribution in [0.1, 0.15) is 43.7 Å². The summed E-state index contributed by atoms with van der Waals surface area (Å²) >= 11 is 0. The molecule has 0 bridgehead atoms. The third kappa shape index (κ3) is 7.72. The summed E-state index contributed by atoms with van der Waals surface area (Å²) < 4.78 is 41.9. The Morgan fingerprint density at radius 3 is 1.87 bits per heavy atom. The number of hydrogen-bond donors (Lipinski definition) is 0. The summed E-state index contributed by atoms with van der Waals surface area (Å²) in [6, 6.07) is 20.1. The molecule has 1 saturated carbocycles. The van der Waals surface area contributed by atoms with Crippen LogP contribution in [0.15, 0.2) is 60.7 Å². The van der Waals surface area contributed by atoms with Gasteiger partial charge in [-0.25, -0.2) is 0 Å². The van der Waals surface area contributed by atoms with Gasteiger partial charge in [-0.3, -0.25) is 4.18 Å². The molecule has 0 N–H and O–H groups in total. The van der Waals surface area contributed by atoms with Crippen molar-refractivity contribution in [1.82, 2.24) is 0 Å². The van der Waals surface area contributed by atoms with Gasteiger partial charge in [-0.05, 0) is 36.3 Å². The maximum atomic E-state index is 12.4. The van der Waals surface area contributed by atoms with Gasteiger partial charge in [-0.1, -0.05) is 74.0 Å². The lowest BCUT2D eigenvalue weighted by atomic mass is 9.76. The average molecular weight is 447 g/mol. The number of benzene rings is 2. The van der Waals surface area contributed by atoms with E-state index in [1.165, 1.54) is 0 Å². The minimum atomic E-state index is -3.47. The molecule has 31 heavy (non-hydrogen) atoms. The lowest BCUT2D eigenvalue weighted by Crippen LogP contribution is -2.43. The van der Waals surface area contributed by atoms with Crippen LogP contribution in [0.4, 0.5) is 0 Å². The molecule has 1 aliphatic rings. The molecule has 0 heterocycles. The Balaban J connectivity index is 1.50. The Bertz CT molecular complexity index is 802. The molecule has 0 spiro atoms. The van der Waals surface area contributed by atoms with Crippen molar-refractivity contribution in [2.75, 3.05) is 19.8 Å². The largest absolute Gasteiger partial charge is 0.376 e. The van der Waals surface area contributed by atoms with Gasteiger partial charge in [0, 0.05) is 5.92 Å². The molecule has 0 aromatic heterocycles. The minimum absolute atomic E-state index is 0.162. The molecule has 2 aromatic carbocycles. The number of rotatable bonds is 14. The van der Waals surface area contributed by atoms with Gasteiger partial charge in [0.15, 0.2) is 0 Å². The number of ether oxygens (including phenoxy) is 2. The summed E-state index contributed by atoms with van der Waals surface area (Å²) in [5.74, 6) is 0.426. The average Bonchev–Trinajstić information content (AvgIpc) is 2.74. The standard InChI is InChI=1S/C25H34O5S/c1-2-3-14-30-31(26,27)25-15-23(16-25)24(19-28-17-21-10-6-4-7-11-21)20-29-18-22-12-8-5-9-13-22/h4-13,23-25H,2-3,14-20H2,1H3. The molecule has 0 amide bonds. The topological polar surface area (TPSA) is 61.8 Å². The van der Waals surface area contributed by atoms with E-state index in [4.69, 9.17) is 13.7 Å². The van der Waals surface area contributed by atoms with Gasteiger partial charge < -0.3 is 9.47 Å². The first-order valence-corrected chi connectivity index (χ1v) is 12.7. The molecule has 6 heteroatoms. The molecule has 0 radical (unpaired) electrons. The van der Waals surface area contributed by atoms with Crippen LogP contribution >= 0.6 is 0 Å². The van der Waals surface area contributed by atoms with Crippen molar-refractivity contribution >= 4 is 10.1 Å². The van der Waals surface area contributed by atoms with Crippen molar-refractivity contribution in [3.05, 3.63) is 71.8 Å². The molecule has 3 rings (SSSR count). The first-order valence-electron chi connectivity index (χ1n) is 11.2. The van der Waals surface area contributed by atoms with E-state index < -0.39 is 15.4 Å². The van der Waals surface area contributed by atoms with Gasteiger partial charge in [0.2, 0.25) is 0 Å². The Hall–Kier alpha value is -1.73. The zero-order valence-electron chi connectivity index (χ0n) is 18.3. The molecule has 0 atom stereocenters. The van der Waals surface area contributed by atoms with Crippen LogP contribution in [0.5, 0.6) is 0 Å². The Labute approximate surface area is 186 Å². The monoisotopic (exact) mass is 446 g/mol. The van der Waals surface area contributed by atoms with E-state index in [1.807, 2.05) is 67.6 Å². The third-order valence-corrected chi connectivity index (χ3v) is 7.54. The first kappa shape index (κ1) is 23.9. The molecule has 0 saturated heterocycles. The highest BCUT2D eigenvalue weighted by Gasteiger charge is 2.43. The molecule has 0 unspecified atom stereocenters. The molecular formula is C25H34O5S. The fraction of sp³-hybridized carbons (Fsp3) is 0.520. The summed E-state index contributed by atoms with van der Waals surface area (Å²) in [5.41, 5.74) is 2.26. The van der Waals surface area contributed by atoms with E-state index in [-0.39, 0.29) is 18.4 Å². The van der Waals surface area contributed by atoms with Crippen molar-refractivity contribution in [2.45, 2.75) is 51.1 Å². The van der Waals surface area contributed by atoms with Crippen LogP contribution in [0, 0.1) is 11.8 Å². The van der Waals surface area contributed by atoms with Gasteiger partial charge in [0.1, 0.15) is 0 Å². The van der Waals surface area contributed by atoms with Crippen molar-refractivity contribution in [1.29, 1.82) is 0 Å². The second-order valence-corrected chi connectivity index (χ2v) is 10.2. The fourth-order valence-corrected chi connectivity index (χ4v) is 5.28. The Morgan fingerprint density at radius 2 is 1.39 bits per heavy atom. The van der Waals surface area contributed by atoms with Gasteiger partial charge >= 0.3 is 0 Å². The maximum absolute atomic E-state index is 12.4. The summed E-state index contributed by atoms with van der Waals surface area (Å²) in [6.07, 6.45) is 2.91. The van der Waals surface area contributed by atoms with Crippen LogP contribution < -0.4 is 0 Å². The van der Waals surface area contributed by atoms with Crippen molar-refractivity contribution in [3.8, 4) is 0 Å². The molecule has 0 aliphatic heterocycles. The molecular weight excluding hydrogens is 412 g/mol. The quantitative estimate of drug-likeness (QED) is 0.303. The highest BCUT2D eigenvalue weighted by atomic mass is 32.2. The van der Waals surface area contributed by atoms with E-state index in [1.54, 1.807) is 0 Å². The van der Waals surface area contributed by atoms with Crippen molar-refractivity contribution in [2.24, 2.45) is 11.8 Å². The Morgan fingerprint density at radius 1 is 0.871 bits per heavy atom. The second kappa shape index (κ2) is 12.3. The molecule has 1 fully saturated rings. The highest BCUT2D eigenvalue weighted by Crippen LogP contribution is 2.39. The van der Waals surface area contributed by atoms with Gasteiger partial charge in [-0.15, -0.1) is 0 Å². The van der Waals surface area contributed by atoms with Crippen molar-refractivity contribution < 1.29 is 22.1 Å². The maximum Gasteiger partial charge on any atom is 0.270 e. The van der Waals surface area contributed by atoms with E-state index in [0.717, 1.165) is 24.0 Å². The van der Waals surface area contributed by atoms with Gasteiger partial charge in [-0.2, -0.15) is 8.42 Å². The smallest absolute Gasteiger partial charge is 0.270 e. The van der Waals surface area contributed by atoms with Crippen LogP contribution in [-0.2, 0) is 37.0 Å². The zero-order valence-corrected chi connectivity index (χ0v) is 19.1. The zero-order chi connectivity index (χ0) is 21.9. The third-order valence-electron chi connectivity index (χ3n) is 5.84. The second-order valence-electron chi connectivity index (χ2n) is 8.28. The van der Waals surface area contributed by atoms with Crippen molar-refractivity contribution in [3.63, 3.8) is 0 Å². The summed E-state index contributed by atoms with van der Waals surface area (Å²) in [7, 11) is -3.47. The Kier molecular flexibility index (Phi) is 9.53. The fourth-order valence-electron chi connectivity index (χ4n) is 3.77. The van der Waals surface area contributed by atoms with Crippen LogP contribution in [-0.4, -0.2) is 33.5 Å². The molecule has 2 aromatic rings. The van der Waals surface area contributed by atoms with Gasteiger partial charge in [0.25, 0.3) is 10.1 Å². The van der Waals surface area contributed by atoms with Crippen LogP contribution in [0.25, 0.3) is 0 Å². The molecule has 170 valence electrons. The van der Waals surface area contributed by atoms with E-state index >= 15 is 0 Å². The predicted molar refractivity (Wildman–Crippen MR) is 122 cm³/mol. The lowest BCUT2D eigenvalue weighted by Gasteiger charge is -2.39. The first-order chi connectivity index (χ1) is 15.1. The number of unbranched alkanes of at least 4 members (excludes halogenated alkanes) is 1. The van der Waals surface area contributed by atoms with Gasteiger partial charge in [0.05, 0.1) is 38.3 Å². The minimum Gasteiger partial charge on any atom is -0.376 e. The summed E-state index contributed by atoms with van der Waals surface area (Å²) in [6.45, 7) is 4.50. The SMILES string of the molecule is CCCCOS(=O)(=O)C1CC(C(COCc2ccccc2)COCc2ccccc2)C1. The van der Waals surface area contributed by atoms with E-state index in [2.05, 4.69) is 0 Å². The summed E-state index contributed by atoms with van der Waals surface area (Å²) in [4.78, 5) is 0. The van der Waals surface area contributed by atoms with Crippen LogP contribution in [0.3, 0.4) is 0 Å². The summed E-state index contributed by atoms with van der Waals surface area (Å²) in [5, 5.41) is -0.403. The van der Waals surface area contributed by atoms with E-state index in [9.17, 15) is 8.42 Å². The number of hydrogen-bond acceptors (Lipinski definition) is 5. The van der Waals surface area contributed by atoms with Crippen LogP contribution in [0.2, 0.25) is 0 Å². The lowest BCUT2D eigenvalue weighted by molar-refractivity contribution is -0.0116. The molecule has 5 nitrogen and oxygen atoms in total. The normalized spacial score (nSPS) is 18.8. The molecule has 1 aliphatic carbocycles. The predicted octanol–water partition coefficient (Wildman–Crippen LogP) is 4.96.